The molecule has 0 bridgehead atoms. The van der Waals surface area contributed by atoms with Crippen LogP contribution in [-0.2, 0) is 42.9 Å². The molecular formula is C71H116O12. The Morgan fingerprint density at radius 1 is 0.410 bits per heavy atom. The lowest BCUT2D eigenvalue weighted by atomic mass is 9.98. The standard InChI is InChI=1S/C71H116O12/c1-4-7-10-13-16-19-22-25-28-30-32-34-37-39-42-45-48-51-54-57-63(72)79-60-62(81-64(73)58-55-52-49-46-43-40-36-27-24-21-18-15-12-9-6-3)61-80-71-69(67(76)66(75)68(83-71)70(77)78)82-65(74)59-56-53-50-47-44-41-38-35-33-31-29-26-23-20-17-14-11-8-5-2/h7,9-10,12,16,18-19,21,25-29,32,34,36,43,46,62,66-69,71,75-76H,4-6,8,11,13-15,17,20,22-24,30-31,33,35,37-42,44-45,47-61H2,1-3H3,(H,77,78)/b10-7-,12-9-,19-16-,21-18-,28-25-,29-26-,34-32-,36-27-,46-43-. The minimum Gasteiger partial charge on any atom is -0.479 e. The van der Waals surface area contributed by atoms with Gasteiger partial charge >= 0.3 is 23.9 Å². The third kappa shape index (κ3) is 47.3. The topological polar surface area (TPSA) is 175 Å². The number of carbonyl (C=O) groups is 4. The Bertz CT molecular complexity index is 1860. The van der Waals surface area contributed by atoms with Crippen molar-refractivity contribution >= 4 is 23.9 Å². The van der Waals surface area contributed by atoms with E-state index in [1.54, 1.807) is 0 Å². The van der Waals surface area contributed by atoms with Crippen molar-refractivity contribution in [2.24, 2.45) is 0 Å². The first-order valence-electron chi connectivity index (χ1n) is 32.9. The van der Waals surface area contributed by atoms with Gasteiger partial charge in [0.1, 0.15) is 18.8 Å². The molecule has 1 aliphatic heterocycles. The van der Waals surface area contributed by atoms with E-state index in [0.29, 0.717) is 19.3 Å². The molecule has 0 aromatic heterocycles. The van der Waals surface area contributed by atoms with E-state index in [-0.39, 0.29) is 25.9 Å². The van der Waals surface area contributed by atoms with E-state index >= 15 is 0 Å². The Morgan fingerprint density at radius 3 is 1.19 bits per heavy atom. The molecule has 1 rings (SSSR count). The van der Waals surface area contributed by atoms with Crippen LogP contribution in [-0.4, -0.2) is 89.2 Å². The predicted molar refractivity (Wildman–Crippen MR) is 340 cm³/mol. The number of aliphatic hydroxyl groups excluding tert-OH is 2. The van der Waals surface area contributed by atoms with Gasteiger partial charge in [0.25, 0.3) is 0 Å². The Kier molecular flexibility index (Phi) is 53.2. The van der Waals surface area contributed by atoms with E-state index in [0.717, 1.165) is 135 Å². The van der Waals surface area contributed by atoms with Gasteiger partial charge in [-0.2, -0.15) is 0 Å². The third-order valence-electron chi connectivity index (χ3n) is 14.3. The van der Waals surface area contributed by atoms with Crippen LogP contribution in [0.4, 0.5) is 0 Å². The first-order valence-corrected chi connectivity index (χ1v) is 32.9. The van der Waals surface area contributed by atoms with Crippen LogP contribution in [0, 0.1) is 0 Å². The van der Waals surface area contributed by atoms with E-state index < -0.39 is 67.3 Å². The lowest BCUT2D eigenvalue weighted by Gasteiger charge is -2.40. The number of allylic oxidation sites excluding steroid dienone is 18. The normalized spacial score (nSPS) is 18.3. The molecule has 0 amide bonds. The molecule has 12 nitrogen and oxygen atoms in total. The molecule has 83 heavy (non-hydrogen) atoms. The number of carboxylic acids is 1. The van der Waals surface area contributed by atoms with Crippen LogP contribution < -0.4 is 0 Å². The number of aliphatic carboxylic acids is 1. The van der Waals surface area contributed by atoms with E-state index in [9.17, 15) is 34.5 Å². The van der Waals surface area contributed by atoms with Gasteiger partial charge in [0.05, 0.1) is 6.61 Å². The molecule has 12 heteroatoms. The molecule has 0 spiro atoms. The maximum absolute atomic E-state index is 13.2. The molecule has 6 unspecified atom stereocenters. The van der Waals surface area contributed by atoms with Crippen molar-refractivity contribution in [3.63, 3.8) is 0 Å². The molecule has 3 N–H and O–H groups in total. The maximum atomic E-state index is 13.2. The molecule has 0 radical (unpaired) electrons. The summed E-state index contributed by atoms with van der Waals surface area (Å²) in [5.41, 5.74) is 0. The molecule has 1 fully saturated rings. The van der Waals surface area contributed by atoms with Gasteiger partial charge in [-0.1, -0.05) is 233 Å². The summed E-state index contributed by atoms with van der Waals surface area (Å²) in [6.07, 6.45) is 66.2. The Labute approximate surface area is 504 Å². The summed E-state index contributed by atoms with van der Waals surface area (Å²) in [4.78, 5) is 51.3. The number of hydrogen-bond donors (Lipinski definition) is 3. The van der Waals surface area contributed by atoms with Crippen molar-refractivity contribution in [3.8, 4) is 0 Å². The lowest BCUT2D eigenvalue weighted by molar-refractivity contribution is -0.301. The molecule has 6 atom stereocenters. The van der Waals surface area contributed by atoms with Crippen LogP contribution in [0.5, 0.6) is 0 Å². The molecule has 1 aliphatic rings. The van der Waals surface area contributed by atoms with Gasteiger partial charge in [-0.15, -0.1) is 0 Å². The number of esters is 3. The van der Waals surface area contributed by atoms with E-state index in [4.69, 9.17) is 23.7 Å². The zero-order valence-corrected chi connectivity index (χ0v) is 52.2. The van der Waals surface area contributed by atoms with Crippen LogP contribution in [0.15, 0.2) is 109 Å². The third-order valence-corrected chi connectivity index (χ3v) is 14.3. The van der Waals surface area contributed by atoms with Crippen molar-refractivity contribution in [2.75, 3.05) is 13.2 Å². The summed E-state index contributed by atoms with van der Waals surface area (Å²) in [6.45, 7) is 5.74. The second kappa shape index (κ2) is 57.8. The average Bonchev–Trinajstić information content (AvgIpc) is 3.57. The molecule has 1 saturated heterocycles. The summed E-state index contributed by atoms with van der Waals surface area (Å²) < 4.78 is 28.5. The van der Waals surface area contributed by atoms with E-state index in [2.05, 4.69) is 130 Å². The maximum Gasteiger partial charge on any atom is 0.335 e. The summed E-state index contributed by atoms with van der Waals surface area (Å²) in [6, 6.07) is 0. The van der Waals surface area contributed by atoms with Crippen LogP contribution in [0.1, 0.15) is 265 Å². The number of rotatable bonds is 55. The molecule has 0 aliphatic carbocycles. The van der Waals surface area contributed by atoms with Gasteiger partial charge < -0.3 is 39.0 Å². The molecule has 0 saturated carbocycles. The van der Waals surface area contributed by atoms with Crippen molar-refractivity contribution in [1.29, 1.82) is 0 Å². The highest BCUT2D eigenvalue weighted by Crippen LogP contribution is 2.26. The molecule has 0 aromatic carbocycles. The van der Waals surface area contributed by atoms with Crippen molar-refractivity contribution in [2.45, 2.75) is 302 Å². The monoisotopic (exact) mass is 1160 g/mol. The number of unbranched alkanes of at least 4 members (excludes halogenated alkanes) is 23. The second-order valence-corrected chi connectivity index (χ2v) is 22.0. The molecule has 472 valence electrons. The van der Waals surface area contributed by atoms with Crippen molar-refractivity contribution < 1.29 is 58.2 Å². The first kappa shape index (κ1) is 76.4. The minimum absolute atomic E-state index is 0.0475. The van der Waals surface area contributed by atoms with Gasteiger partial charge in [0.15, 0.2) is 24.6 Å². The smallest absolute Gasteiger partial charge is 0.335 e. The Morgan fingerprint density at radius 2 is 0.759 bits per heavy atom. The van der Waals surface area contributed by atoms with Gasteiger partial charge in [-0.3, -0.25) is 14.4 Å². The number of carboxylic acid groups (broad SMARTS) is 1. The summed E-state index contributed by atoms with van der Waals surface area (Å²) in [7, 11) is 0. The molecular weight excluding hydrogens is 1040 g/mol. The summed E-state index contributed by atoms with van der Waals surface area (Å²) in [5.74, 6) is -3.20. The predicted octanol–water partition coefficient (Wildman–Crippen LogP) is 17.8. The minimum atomic E-state index is -1.92. The van der Waals surface area contributed by atoms with Crippen LogP contribution in [0.25, 0.3) is 0 Å². The number of ether oxygens (including phenoxy) is 5. The fourth-order valence-corrected chi connectivity index (χ4v) is 9.34. The van der Waals surface area contributed by atoms with Crippen LogP contribution >= 0.6 is 0 Å². The fourth-order valence-electron chi connectivity index (χ4n) is 9.34. The fraction of sp³-hybridized carbons (Fsp3) is 0.690. The van der Waals surface area contributed by atoms with Crippen molar-refractivity contribution in [1.82, 2.24) is 0 Å². The Hall–Kier alpha value is -4.62. The summed E-state index contributed by atoms with van der Waals surface area (Å²) >= 11 is 0. The molecule has 0 aromatic rings. The highest BCUT2D eigenvalue weighted by molar-refractivity contribution is 5.74. The number of hydrogen-bond acceptors (Lipinski definition) is 11. The van der Waals surface area contributed by atoms with Crippen molar-refractivity contribution in [3.05, 3.63) is 109 Å². The quantitative estimate of drug-likeness (QED) is 0.0228. The zero-order valence-electron chi connectivity index (χ0n) is 52.2. The van der Waals surface area contributed by atoms with Gasteiger partial charge in [-0.25, -0.2) is 4.79 Å². The van der Waals surface area contributed by atoms with Crippen LogP contribution in [0.3, 0.4) is 0 Å². The average molecular weight is 1160 g/mol. The van der Waals surface area contributed by atoms with Gasteiger partial charge in [0.2, 0.25) is 0 Å². The SMILES string of the molecule is CC/C=C\C/C=C\C/C=C\C/C=C\CCCCCCCCC(=O)OCC(COC1OC(C(=O)O)C(O)C(O)C1OC(=O)CCCCCCCCCCC/C=C\CCCCCCCC)OC(=O)CCCC/C=C\C/C=C\C/C=C\C/C=C\CC. The van der Waals surface area contributed by atoms with Crippen LogP contribution in [0.2, 0.25) is 0 Å². The number of aliphatic hydroxyl groups is 2. The summed E-state index contributed by atoms with van der Waals surface area (Å²) in [5, 5.41) is 31.6. The van der Waals surface area contributed by atoms with Gasteiger partial charge in [0, 0.05) is 19.3 Å². The van der Waals surface area contributed by atoms with Gasteiger partial charge in [-0.05, 0) is 122 Å². The first-order chi connectivity index (χ1) is 40.6. The highest BCUT2D eigenvalue weighted by atomic mass is 16.7. The lowest BCUT2D eigenvalue weighted by Crippen LogP contribution is -2.61. The Balaban J connectivity index is 2.68. The zero-order chi connectivity index (χ0) is 60.3. The largest absolute Gasteiger partial charge is 0.479 e. The highest BCUT2D eigenvalue weighted by Gasteiger charge is 2.50. The number of carbonyl (C=O) groups excluding carboxylic acids is 3. The molecule has 1 heterocycles. The van der Waals surface area contributed by atoms with E-state index in [1.165, 1.54) is 70.6 Å². The van der Waals surface area contributed by atoms with E-state index in [1.807, 2.05) is 0 Å². The second-order valence-electron chi connectivity index (χ2n) is 22.0.